The van der Waals surface area contributed by atoms with Crippen molar-refractivity contribution in [3.05, 3.63) is 23.9 Å². The van der Waals surface area contributed by atoms with Gasteiger partial charge in [0.25, 0.3) is 0 Å². The van der Waals surface area contributed by atoms with Crippen LogP contribution in [0.15, 0.2) is 18.3 Å². The minimum absolute atomic E-state index is 0.0241. The van der Waals surface area contributed by atoms with E-state index >= 15 is 0 Å². The third kappa shape index (κ3) is 4.51. The summed E-state index contributed by atoms with van der Waals surface area (Å²) in [6, 6.07) is 3.90. The Morgan fingerprint density at radius 3 is 3.05 bits per heavy atom. The molecule has 1 saturated heterocycles. The number of nitrogens with one attached hydrogen (secondary N) is 1. The van der Waals surface area contributed by atoms with Crippen molar-refractivity contribution in [2.75, 3.05) is 26.0 Å². The molecule has 1 amide bonds. The van der Waals surface area contributed by atoms with E-state index < -0.39 is 0 Å². The van der Waals surface area contributed by atoms with Crippen LogP contribution in [0.5, 0.6) is 0 Å². The minimum Gasteiger partial charge on any atom is -0.377 e. The summed E-state index contributed by atoms with van der Waals surface area (Å²) in [6.07, 6.45) is 4.48. The number of pyridine rings is 1. The number of aromatic nitrogens is 1. The van der Waals surface area contributed by atoms with Gasteiger partial charge in [-0.3, -0.25) is 4.79 Å². The van der Waals surface area contributed by atoms with Gasteiger partial charge >= 0.3 is 0 Å². The van der Waals surface area contributed by atoms with Crippen molar-refractivity contribution in [1.29, 1.82) is 0 Å². The van der Waals surface area contributed by atoms with E-state index in [1.54, 1.807) is 6.20 Å². The second kappa shape index (κ2) is 7.52. The molecule has 0 saturated carbocycles. The van der Waals surface area contributed by atoms with Crippen LogP contribution >= 0.6 is 0 Å². The van der Waals surface area contributed by atoms with Gasteiger partial charge in [-0.25, -0.2) is 4.98 Å². The van der Waals surface area contributed by atoms with Crippen LogP contribution < -0.4 is 5.32 Å². The van der Waals surface area contributed by atoms with E-state index in [1.807, 2.05) is 26.2 Å². The molecule has 1 N–H and O–H groups in total. The van der Waals surface area contributed by atoms with Crippen molar-refractivity contribution in [2.24, 2.45) is 5.92 Å². The fourth-order valence-electron chi connectivity index (χ4n) is 2.77. The number of anilines is 1. The molecule has 0 aromatic carbocycles. The summed E-state index contributed by atoms with van der Waals surface area (Å²) in [5.74, 6) is 0.582. The molecule has 1 fully saturated rings. The Labute approximate surface area is 126 Å². The van der Waals surface area contributed by atoms with E-state index in [4.69, 9.17) is 4.74 Å². The number of ether oxygens (including phenoxy) is 1. The third-order valence-corrected chi connectivity index (χ3v) is 3.75. The minimum atomic E-state index is -0.0666. The molecular weight excluding hydrogens is 266 g/mol. The summed E-state index contributed by atoms with van der Waals surface area (Å²) >= 11 is 0. The van der Waals surface area contributed by atoms with Crippen LogP contribution in [0, 0.1) is 5.92 Å². The largest absolute Gasteiger partial charge is 0.377 e. The Bertz CT molecular complexity index is 476. The van der Waals surface area contributed by atoms with Crippen molar-refractivity contribution < 1.29 is 9.53 Å². The summed E-state index contributed by atoms with van der Waals surface area (Å²) < 4.78 is 5.69. The monoisotopic (exact) mass is 291 g/mol. The highest BCUT2D eigenvalue weighted by Gasteiger charge is 2.30. The van der Waals surface area contributed by atoms with Crippen LogP contribution in [0.1, 0.15) is 31.7 Å². The lowest BCUT2D eigenvalue weighted by molar-refractivity contribution is -0.129. The Balaban J connectivity index is 2.01. The molecule has 0 radical (unpaired) electrons. The molecule has 2 heterocycles. The molecule has 0 spiro atoms. The first-order valence-corrected chi connectivity index (χ1v) is 7.62. The highest BCUT2D eigenvalue weighted by atomic mass is 16.5. The number of hydrogen-bond acceptors (Lipinski definition) is 4. The Hall–Kier alpha value is -1.46. The quantitative estimate of drug-likeness (QED) is 0.904. The van der Waals surface area contributed by atoms with E-state index in [1.165, 1.54) is 0 Å². The topological polar surface area (TPSA) is 54.5 Å². The molecule has 2 rings (SSSR count). The zero-order valence-electron chi connectivity index (χ0n) is 13.1. The maximum atomic E-state index is 12.4. The molecule has 1 aromatic heterocycles. The number of hydrogen-bond donors (Lipinski definition) is 1. The second-order valence-electron chi connectivity index (χ2n) is 5.84. The van der Waals surface area contributed by atoms with Crippen molar-refractivity contribution in [3.63, 3.8) is 0 Å². The molecule has 1 aliphatic heterocycles. The van der Waals surface area contributed by atoms with Crippen LogP contribution in [-0.2, 0) is 16.1 Å². The van der Waals surface area contributed by atoms with Gasteiger partial charge < -0.3 is 15.0 Å². The van der Waals surface area contributed by atoms with Gasteiger partial charge in [0.1, 0.15) is 5.82 Å². The molecule has 1 aliphatic rings. The van der Waals surface area contributed by atoms with Crippen LogP contribution in [0.3, 0.4) is 0 Å². The van der Waals surface area contributed by atoms with E-state index in [2.05, 4.69) is 22.1 Å². The highest BCUT2D eigenvalue weighted by Crippen LogP contribution is 2.24. The Kier molecular flexibility index (Phi) is 5.70. The zero-order valence-corrected chi connectivity index (χ0v) is 13.1. The first-order valence-electron chi connectivity index (χ1n) is 7.62. The molecule has 1 aromatic rings. The Morgan fingerprint density at radius 1 is 1.52 bits per heavy atom. The summed E-state index contributed by atoms with van der Waals surface area (Å²) in [5, 5.41) is 2.94. The van der Waals surface area contributed by atoms with Gasteiger partial charge in [-0.15, -0.1) is 0 Å². The van der Waals surface area contributed by atoms with Gasteiger partial charge in [0.2, 0.25) is 5.91 Å². The third-order valence-electron chi connectivity index (χ3n) is 3.75. The van der Waals surface area contributed by atoms with Crippen molar-refractivity contribution in [2.45, 2.75) is 38.8 Å². The van der Waals surface area contributed by atoms with Crippen LogP contribution in [0.2, 0.25) is 0 Å². The van der Waals surface area contributed by atoms with Gasteiger partial charge in [0, 0.05) is 19.3 Å². The molecule has 21 heavy (non-hydrogen) atoms. The smallest absolute Gasteiger partial charge is 0.231 e. The average molecular weight is 291 g/mol. The fraction of sp³-hybridized carbons (Fsp3) is 0.625. The van der Waals surface area contributed by atoms with Crippen LogP contribution in [0.25, 0.3) is 0 Å². The second-order valence-corrected chi connectivity index (χ2v) is 5.84. The highest BCUT2D eigenvalue weighted by molar-refractivity contribution is 5.92. The van der Waals surface area contributed by atoms with Gasteiger partial charge in [-0.1, -0.05) is 6.92 Å². The summed E-state index contributed by atoms with van der Waals surface area (Å²) in [4.78, 5) is 18.8. The lowest BCUT2D eigenvalue weighted by Gasteiger charge is -2.29. The van der Waals surface area contributed by atoms with Crippen LogP contribution in [-0.4, -0.2) is 42.6 Å². The predicted octanol–water partition coefficient (Wildman–Crippen LogP) is 2.29. The van der Waals surface area contributed by atoms with E-state index in [0.29, 0.717) is 5.82 Å². The fourth-order valence-corrected chi connectivity index (χ4v) is 2.77. The molecule has 0 unspecified atom stereocenters. The first kappa shape index (κ1) is 15.9. The average Bonchev–Trinajstić information content (AvgIpc) is 2.46. The van der Waals surface area contributed by atoms with Crippen molar-refractivity contribution in [1.82, 2.24) is 9.88 Å². The lowest BCUT2D eigenvalue weighted by Crippen LogP contribution is -2.38. The van der Waals surface area contributed by atoms with E-state index in [0.717, 1.165) is 38.0 Å². The summed E-state index contributed by atoms with van der Waals surface area (Å²) in [5.41, 5.74) is 1.14. The molecule has 0 bridgehead atoms. The predicted molar refractivity (Wildman–Crippen MR) is 83.0 cm³/mol. The van der Waals surface area contributed by atoms with Crippen molar-refractivity contribution in [3.8, 4) is 0 Å². The SMILES string of the molecule is CC[C@H]1OCCC[C@H]1C(=O)Nc1cc(CN(C)C)ccn1. The standard InChI is InChI=1S/C16H25N3O2/c1-4-14-13(6-5-9-21-14)16(20)18-15-10-12(7-8-17-15)11-19(2)3/h7-8,10,13-14H,4-6,9,11H2,1-3H3,(H,17,18,20)/t13-,14-/m1/s1. The molecule has 116 valence electrons. The first-order chi connectivity index (χ1) is 10.1. The van der Waals surface area contributed by atoms with Gasteiger partial charge in [0.15, 0.2) is 0 Å². The maximum Gasteiger partial charge on any atom is 0.231 e. The van der Waals surface area contributed by atoms with Crippen molar-refractivity contribution >= 4 is 11.7 Å². The molecular formula is C16H25N3O2. The number of amides is 1. The van der Waals surface area contributed by atoms with Crippen LogP contribution in [0.4, 0.5) is 5.82 Å². The maximum absolute atomic E-state index is 12.4. The number of rotatable bonds is 5. The van der Waals surface area contributed by atoms with Gasteiger partial charge in [-0.2, -0.15) is 0 Å². The molecule has 5 nitrogen and oxygen atoms in total. The molecule has 0 aliphatic carbocycles. The summed E-state index contributed by atoms with van der Waals surface area (Å²) in [7, 11) is 4.04. The zero-order chi connectivity index (χ0) is 15.2. The van der Waals surface area contributed by atoms with E-state index in [-0.39, 0.29) is 17.9 Å². The van der Waals surface area contributed by atoms with Gasteiger partial charge in [-0.05, 0) is 51.1 Å². The molecule has 5 heteroatoms. The normalized spacial score (nSPS) is 22.3. The number of carbonyl (C=O) groups is 1. The lowest BCUT2D eigenvalue weighted by atomic mass is 9.92. The molecule has 2 atom stereocenters. The number of nitrogens with zero attached hydrogens (tertiary/aromatic N) is 2. The van der Waals surface area contributed by atoms with Gasteiger partial charge in [0.05, 0.1) is 12.0 Å². The Morgan fingerprint density at radius 2 is 2.33 bits per heavy atom. The van der Waals surface area contributed by atoms with E-state index in [9.17, 15) is 4.79 Å². The number of carbonyl (C=O) groups excluding carboxylic acids is 1. The summed E-state index contributed by atoms with van der Waals surface area (Å²) in [6.45, 7) is 3.65.